The molecular formula is C19H16BrNO2. The van der Waals surface area contributed by atoms with Crippen molar-refractivity contribution >= 4 is 38.3 Å². The molecule has 3 nitrogen and oxygen atoms in total. The predicted molar refractivity (Wildman–Crippen MR) is 97.0 cm³/mol. The van der Waals surface area contributed by atoms with Gasteiger partial charge < -0.3 is 9.64 Å². The van der Waals surface area contributed by atoms with Gasteiger partial charge in [-0.05, 0) is 41.1 Å². The maximum absolute atomic E-state index is 12.3. The van der Waals surface area contributed by atoms with Gasteiger partial charge >= 0.3 is 0 Å². The molecule has 3 aromatic rings. The quantitative estimate of drug-likeness (QED) is 0.670. The van der Waals surface area contributed by atoms with Crippen molar-refractivity contribution in [2.45, 2.75) is 0 Å². The van der Waals surface area contributed by atoms with E-state index in [0.29, 0.717) is 5.75 Å². The lowest BCUT2D eigenvalue weighted by Gasteiger charge is -2.18. The molecule has 0 fully saturated rings. The monoisotopic (exact) mass is 369 g/mol. The lowest BCUT2D eigenvalue weighted by atomic mass is 10.1. The molecule has 0 spiro atoms. The van der Waals surface area contributed by atoms with E-state index < -0.39 is 0 Å². The zero-order valence-corrected chi connectivity index (χ0v) is 14.3. The van der Waals surface area contributed by atoms with Crippen LogP contribution in [0.4, 0.5) is 5.69 Å². The van der Waals surface area contributed by atoms with E-state index in [1.165, 1.54) is 0 Å². The minimum Gasteiger partial charge on any atom is -0.484 e. The Kier molecular flexibility index (Phi) is 4.63. The van der Waals surface area contributed by atoms with E-state index in [4.69, 9.17) is 4.74 Å². The number of carbonyl (C=O) groups excluding carboxylic acids is 1. The van der Waals surface area contributed by atoms with Crippen molar-refractivity contribution < 1.29 is 9.53 Å². The van der Waals surface area contributed by atoms with Crippen molar-refractivity contribution in [3.8, 4) is 5.75 Å². The van der Waals surface area contributed by atoms with Crippen LogP contribution in [0, 0.1) is 0 Å². The standard InChI is InChI=1S/C19H16BrNO2/c1-21(17-10-9-14-5-2-3-6-15(14)11-17)19(22)13-23-18-8-4-7-16(20)12-18/h2-12H,13H2,1H3. The minimum atomic E-state index is -0.0970. The molecule has 0 bridgehead atoms. The summed E-state index contributed by atoms with van der Waals surface area (Å²) < 4.78 is 6.48. The molecule has 0 saturated carbocycles. The summed E-state index contributed by atoms with van der Waals surface area (Å²) in [5.41, 5.74) is 0.853. The first-order chi connectivity index (χ1) is 11.1. The van der Waals surface area contributed by atoms with Crippen molar-refractivity contribution in [1.29, 1.82) is 0 Å². The lowest BCUT2D eigenvalue weighted by molar-refractivity contribution is -0.120. The van der Waals surface area contributed by atoms with E-state index >= 15 is 0 Å². The summed E-state index contributed by atoms with van der Waals surface area (Å²) in [6.07, 6.45) is 0. The normalized spacial score (nSPS) is 10.5. The zero-order valence-electron chi connectivity index (χ0n) is 12.7. The van der Waals surface area contributed by atoms with Crippen molar-refractivity contribution in [2.24, 2.45) is 0 Å². The van der Waals surface area contributed by atoms with Crippen molar-refractivity contribution in [3.05, 3.63) is 71.2 Å². The molecule has 0 aromatic heterocycles. The number of ether oxygens (including phenoxy) is 1. The van der Waals surface area contributed by atoms with E-state index in [9.17, 15) is 4.79 Å². The number of hydrogen-bond donors (Lipinski definition) is 0. The first-order valence-corrected chi connectivity index (χ1v) is 8.06. The van der Waals surface area contributed by atoms with Crippen LogP contribution in [-0.2, 0) is 4.79 Å². The van der Waals surface area contributed by atoms with E-state index in [-0.39, 0.29) is 12.5 Å². The maximum Gasteiger partial charge on any atom is 0.264 e. The largest absolute Gasteiger partial charge is 0.484 e. The predicted octanol–water partition coefficient (Wildman–Crippen LogP) is 4.64. The van der Waals surface area contributed by atoms with E-state index in [0.717, 1.165) is 20.9 Å². The number of fused-ring (bicyclic) bond motifs is 1. The van der Waals surface area contributed by atoms with Crippen molar-refractivity contribution in [3.63, 3.8) is 0 Å². The molecule has 23 heavy (non-hydrogen) atoms. The van der Waals surface area contributed by atoms with Crippen molar-refractivity contribution in [2.75, 3.05) is 18.6 Å². The van der Waals surface area contributed by atoms with Gasteiger partial charge in [0.2, 0.25) is 0 Å². The number of nitrogens with zero attached hydrogens (tertiary/aromatic N) is 1. The number of likely N-dealkylation sites (N-methyl/N-ethyl adjacent to an activating group) is 1. The minimum absolute atomic E-state index is 0.000218. The van der Waals surface area contributed by atoms with Gasteiger partial charge in [-0.3, -0.25) is 4.79 Å². The molecule has 0 aliphatic heterocycles. The maximum atomic E-state index is 12.3. The van der Waals surface area contributed by atoms with Gasteiger partial charge in [0.15, 0.2) is 6.61 Å². The van der Waals surface area contributed by atoms with Crippen LogP contribution in [-0.4, -0.2) is 19.6 Å². The Morgan fingerprint density at radius 3 is 2.57 bits per heavy atom. The fourth-order valence-corrected chi connectivity index (χ4v) is 2.71. The highest BCUT2D eigenvalue weighted by Crippen LogP contribution is 2.22. The molecular weight excluding hydrogens is 354 g/mol. The van der Waals surface area contributed by atoms with E-state index in [1.54, 1.807) is 11.9 Å². The van der Waals surface area contributed by atoms with Crippen LogP contribution in [0.2, 0.25) is 0 Å². The van der Waals surface area contributed by atoms with Gasteiger partial charge in [0.05, 0.1) is 0 Å². The van der Waals surface area contributed by atoms with E-state index in [1.807, 2.05) is 60.7 Å². The summed E-state index contributed by atoms with van der Waals surface area (Å²) in [7, 11) is 1.76. The third-order valence-corrected chi connectivity index (χ3v) is 4.15. The van der Waals surface area contributed by atoms with Gasteiger partial charge in [0, 0.05) is 17.2 Å². The number of hydrogen-bond acceptors (Lipinski definition) is 2. The second-order valence-electron chi connectivity index (χ2n) is 5.23. The van der Waals surface area contributed by atoms with Gasteiger partial charge in [-0.1, -0.05) is 52.3 Å². The topological polar surface area (TPSA) is 29.5 Å². The molecule has 3 rings (SSSR count). The van der Waals surface area contributed by atoms with Crippen LogP contribution in [0.1, 0.15) is 0 Å². The summed E-state index contributed by atoms with van der Waals surface area (Å²) >= 11 is 3.38. The number of carbonyl (C=O) groups is 1. The van der Waals surface area contributed by atoms with Crippen LogP contribution in [0.15, 0.2) is 71.2 Å². The van der Waals surface area contributed by atoms with Gasteiger partial charge in [-0.15, -0.1) is 0 Å². The first-order valence-electron chi connectivity index (χ1n) is 7.27. The molecule has 0 heterocycles. The number of anilines is 1. The fourth-order valence-electron chi connectivity index (χ4n) is 2.33. The van der Waals surface area contributed by atoms with Crippen LogP contribution < -0.4 is 9.64 Å². The highest BCUT2D eigenvalue weighted by Gasteiger charge is 2.12. The molecule has 0 aliphatic carbocycles. The molecule has 0 radical (unpaired) electrons. The average Bonchev–Trinajstić information content (AvgIpc) is 2.58. The Bertz CT molecular complexity index is 847. The Morgan fingerprint density at radius 1 is 1.00 bits per heavy atom. The summed E-state index contributed by atoms with van der Waals surface area (Å²) in [4.78, 5) is 13.9. The second-order valence-corrected chi connectivity index (χ2v) is 6.15. The van der Waals surface area contributed by atoms with Crippen LogP contribution in [0.3, 0.4) is 0 Å². The van der Waals surface area contributed by atoms with Gasteiger partial charge in [-0.25, -0.2) is 0 Å². The van der Waals surface area contributed by atoms with Gasteiger partial charge in [0.25, 0.3) is 5.91 Å². The van der Waals surface area contributed by atoms with E-state index in [2.05, 4.69) is 22.0 Å². The molecule has 0 N–H and O–H groups in total. The van der Waals surface area contributed by atoms with Crippen LogP contribution in [0.25, 0.3) is 10.8 Å². The zero-order chi connectivity index (χ0) is 16.2. The van der Waals surface area contributed by atoms with Crippen LogP contribution >= 0.6 is 15.9 Å². The highest BCUT2D eigenvalue weighted by molar-refractivity contribution is 9.10. The third-order valence-electron chi connectivity index (χ3n) is 3.65. The number of amides is 1. The molecule has 0 unspecified atom stereocenters. The summed E-state index contributed by atoms with van der Waals surface area (Å²) in [5, 5.41) is 2.26. The molecule has 4 heteroatoms. The van der Waals surface area contributed by atoms with Crippen molar-refractivity contribution in [1.82, 2.24) is 0 Å². The van der Waals surface area contributed by atoms with Gasteiger partial charge in [-0.2, -0.15) is 0 Å². The average molecular weight is 370 g/mol. The SMILES string of the molecule is CN(C(=O)COc1cccc(Br)c1)c1ccc2ccccc2c1. The van der Waals surface area contributed by atoms with Gasteiger partial charge in [0.1, 0.15) is 5.75 Å². The number of benzene rings is 3. The summed E-state index contributed by atoms with van der Waals surface area (Å²) in [6.45, 7) is -0.000218. The summed E-state index contributed by atoms with van der Waals surface area (Å²) in [5.74, 6) is 0.569. The molecule has 1 amide bonds. The molecule has 116 valence electrons. The Morgan fingerprint density at radius 2 is 1.78 bits per heavy atom. The molecule has 0 saturated heterocycles. The molecule has 0 atom stereocenters. The Balaban J connectivity index is 1.70. The molecule has 0 aliphatic rings. The number of rotatable bonds is 4. The fraction of sp³-hybridized carbons (Fsp3) is 0.105. The first kappa shape index (κ1) is 15.6. The Hall–Kier alpha value is -2.33. The second kappa shape index (κ2) is 6.84. The Labute approximate surface area is 143 Å². The summed E-state index contributed by atoms with van der Waals surface area (Å²) in [6, 6.07) is 21.5. The lowest BCUT2D eigenvalue weighted by Crippen LogP contribution is -2.31. The third kappa shape index (κ3) is 3.71. The number of halogens is 1. The highest BCUT2D eigenvalue weighted by atomic mass is 79.9. The van der Waals surface area contributed by atoms with Crippen LogP contribution in [0.5, 0.6) is 5.75 Å². The molecule has 3 aromatic carbocycles. The smallest absolute Gasteiger partial charge is 0.264 e.